The Kier molecular flexibility index (Phi) is 3.53. The Morgan fingerprint density at radius 3 is 2.53 bits per heavy atom. The fourth-order valence-corrected chi connectivity index (χ4v) is 2.05. The van der Waals surface area contributed by atoms with Crippen molar-refractivity contribution in [3.05, 3.63) is 38.0 Å². The van der Waals surface area contributed by atoms with Crippen molar-refractivity contribution in [2.45, 2.75) is 13.8 Å². The van der Waals surface area contributed by atoms with Crippen molar-refractivity contribution in [1.29, 1.82) is 0 Å². The summed E-state index contributed by atoms with van der Waals surface area (Å²) in [7, 11) is 0. The van der Waals surface area contributed by atoms with E-state index in [1.165, 1.54) is 0 Å². The average Bonchev–Trinajstić information content (AvgIpc) is 2.25. The van der Waals surface area contributed by atoms with Crippen LogP contribution < -0.4 is 5.73 Å². The number of halogens is 2. The van der Waals surface area contributed by atoms with Gasteiger partial charge in [-0.25, -0.2) is 9.97 Å². The predicted octanol–water partition coefficient (Wildman–Crippen LogP) is 3.60. The van der Waals surface area contributed by atoms with Crippen molar-refractivity contribution in [1.82, 2.24) is 9.97 Å². The lowest BCUT2D eigenvalue weighted by Crippen LogP contribution is -2.02. The van der Waals surface area contributed by atoms with Gasteiger partial charge in [-0.1, -0.05) is 11.6 Å². The summed E-state index contributed by atoms with van der Waals surface area (Å²) < 4.78 is 0.901. The van der Waals surface area contributed by atoms with E-state index in [-0.39, 0.29) is 0 Å². The van der Waals surface area contributed by atoms with Crippen LogP contribution in [0, 0.1) is 17.4 Å². The summed E-state index contributed by atoms with van der Waals surface area (Å²) in [6.45, 7) is 3.91. The van der Waals surface area contributed by atoms with E-state index in [1.54, 1.807) is 0 Å². The smallest absolute Gasteiger partial charge is 0.162 e. The van der Waals surface area contributed by atoms with Gasteiger partial charge >= 0.3 is 0 Å². The van der Waals surface area contributed by atoms with Gasteiger partial charge in [0.15, 0.2) is 5.82 Å². The molecule has 0 radical (unpaired) electrons. The molecule has 0 amide bonds. The normalized spacial score (nSPS) is 10.6. The minimum absolute atomic E-state index is 0.516. The van der Waals surface area contributed by atoms with Crippen LogP contribution in [0.1, 0.15) is 11.3 Å². The van der Waals surface area contributed by atoms with Crippen molar-refractivity contribution in [3.63, 3.8) is 0 Å². The van der Waals surface area contributed by atoms with Gasteiger partial charge in [0.05, 0.1) is 9.26 Å². The van der Waals surface area contributed by atoms with Crippen molar-refractivity contribution >= 4 is 40.0 Å². The monoisotopic (exact) mass is 359 g/mol. The Balaban J connectivity index is 2.61. The van der Waals surface area contributed by atoms with Gasteiger partial charge in [-0.05, 0) is 60.2 Å². The minimum atomic E-state index is 0.516. The first kappa shape index (κ1) is 12.6. The highest BCUT2D eigenvalue weighted by molar-refractivity contribution is 14.1. The molecule has 1 heterocycles. The summed E-state index contributed by atoms with van der Waals surface area (Å²) in [5.74, 6) is 1.16. The number of nitrogens with two attached hydrogens (primary N) is 1. The second kappa shape index (κ2) is 4.78. The molecule has 0 saturated carbocycles. The molecule has 1 aromatic carbocycles. The molecule has 88 valence electrons. The average molecular weight is 360 g/mol. The summed E-state index contributed by atoms with van der Waals surface area (Å²) in [5.41, 5.74) is 8.74. The molecule has 2 rings (SSSR count). The van der Waals surface area contributed by atoms with E-state index in [0.717, 1.165) is 20.4 Å². The van der Waals surface area contributed by atoms with Crippen LogP contribution in [0.15, 0.2) is 18.2 Å². The number of hydrogen-bond acceptors (Lipinski definition) is 3. The summed E-state index contributed by atoms with van der Waals surface area (Å²) in [6.07, 6.45) is 0. The van der Waals surface area contributed by atoms with Gasteiger partial charge in [0.1, 0.15) is 5.82 Å². The molecule has 0 unspecified atom stereocenters. The number of aryl methyl sites for hydroxylation is 2. The zero-order valence-electron chi connectivity index (χ0n) is 9.46. The predicted molar refractivity (Wildman–Crippen MR) is 79.1 cm³/mol. The van der Waals surface area contributed by atoms with Crippen LogP contribution in [-0.2, 0) is 0 Å². The van der Waals surface area contributed by atoms with Crippen LogP contribution in [0.2, 0.25) is 5.02 Å². The lowest BCUT2D eigenvalue weighted by Gasteiger charge is -2.08. The second-order valence-electron chi connectivity index (χ2n) is 3.79. The maximum atomic E-state index is 5.93. The number of benzene rings is 1. The largest absolute Gasteiger partial charge is 0.383 e. The van der Waals surface area contributed by atoms with Crippen molar-refractivity contribution < 1.29 is 0 Å². The number of hydrogen-bond donors (Lipinski definition) is 1. The molecule has 17 heavy (non-hydrogen) atoms. The molecule has 0 atom stereocenters. The SMILES string of the molecule is Cc1cc(Cl)ccc1-c1nc(C)c(I)c(N)n1. The van der Waals surface area contributed by atoms with Gasteiger partial charge in [0.25, 0.3) is 0 Å². The van der Waals surface area contributed by atoms with Gasteiger partial charge in [-0.3, -0.25) is 0 Å². The van der Waals surface area contributed by atoms with Crippen LogP contribution in [0.25, 0.3) is 11.4 Å². The number of nitrogen functional groups attached to an aromatic ring is 1. The lowest BCUT2D eigenvalue weighted by atomic mass is 10.1. The van der Waals surface area contributed by atoms with Crippen LogP contribution in [0.3, 0.4) is 0 Å². The molecule has 2 N–H and O–H groups in total. The van der Waals surface area contributed by atoms with Crippen LogP contribution >= 0.6 is 34.2 Å². The molecular formula is C12H11ClIN3. The van der Waals surface area contributed by atoms with E-state index in [0.29, 0.717) is 16.7 Å². The van der Waals surface area contributed by atoms with E-state index in [9.17, 15) is 0 Å². The first-order chi connectivity index (χ1) is 7.99. The molecule has 0 spiro atoms. The van der Waals surface area contributed by atoms with E-state index >= 15 is 0 Å². The summed E-state index contributed by atoms with van der Waals surface area (Å²) in [5, 5.41) is 0.710. The molecule has 0 saturated heterocycles. The zero-order valence-corrected chi connectivity index (χ0v) is 12.4. The lowest BCUT2D eigenvalue weighted by molar-refractivity contribution is 1.10. The van der Waals surface area contributed by atoms with E-state index < -0.39 is 0 Å². The molecule has 0 bridgehead atoms. The van der Waals surface area contributed by atoms with Gasteiger partial charge in [0.2, 0.25) is 0 Å². The maximum Gasteiger partial charge on any atom is 0.162 e. The Morgan fingerprint density at radius 2 is 1.94 bits per heavy atom. The Morgan fingerprint density at radius 1 is 1.24 bits per heavy atom. The van der Waals surface area contributed by atoms with Gasteiger partial charge in [-0.15, -0.1) is 0 Å². The third kappa shape index (κ3) is 2.52. The maximum absolute atomic E-state index is 5.93. The van der Waals surface area contributed by atoms with Crippen LogP contribution in [-0.4, -0.2) is 9.97 Å². The highest BCUT2D eigenvalue weighted by atomic mass is 127. The molecule has 5 heteroatoms. The first-order valence-electron chi connectivity index (χ1n) is 5.05. The summed E-state index contributed by atoms with van der Waals surface area (Å²) >= 11 is 8.07. The highest BCUT2D eigenvalue weighted by Crippen LogP contribution is 2.26. The summed E-state index contributed by atoms with van der Waals surface area (Å²) in [4.78, 5) is 8.76. The third-order valence-corrected chi connectivity index (χ3v) is 4.04. The van der Waals surface area contributed by atoms with Crippen LogP contribution in [0.5, 0.6) is 0 Å². The quantitative estimate of drug-likeness (QED) is 0.792. The van der Waals surface area contributed by atoms with Crippen LogP contribution in [0.4, 0.5) is 5.82 Å². The molecular weight excluding hydrogens is 349 g/mol. The molecule has 0 aliphatic carbocycles. The second-order valence-corrected chi connectivity index (χ2v) is 5.31. The molecule has 0 aliphatic heterocycles. The van der Waals surface area contributed by atoms with E-state index in [1.807, 2.05) is 32.0 Å². The van der Waals surface area contributed by atoms with Gasteiger partial charge < -0.3 is 5.73 Å². The minimum Gasteiger partial charge on any atom is -0.383 e. The standard InChI is InChI=1S/C12H11ClIN3/c1-6-5-8(13)3-4-9(6)12-16-7(2)10(14)11(15)17-12/h3-5H,1-2H3,(H2,15,16,17). The summed E-state index contributed by atoms with van der Waals surface area (Å²) in [6, 6.07) is 5.64. The van der Waals surface area contributed by atoms with Gasteiger partial charge in [0, 0.05) is 10.6 Å². The topological polar surface area (TPSA) is 51.8 Å². The van der Waals surface area contributed by atoms with Crippen molar-refractivity contribution in [2.24, 2.45) is 0 Å². The Labute approximate surface area is 119 Å². The van der Waals surface area contributed by atoms with E-state index in [4.69, 9.17) is 17.3 Å². The Bertz CT molecular complexity index is 561. The Hall–Kier alpha value is -0.880. The molecule has 0 aliphatic rings. The fourth-order valence-electron chi connectivity index (χ4n) is 1.58. The number of rotatable bonds is 1. The third-order valence-electron chi connectivity index (χ3n) is 2.47. The molecule has 2 aromatic rings. The van der Waals surface area contributed by atoms with E-state index in [2.05, 4.69) is 32.6 Å². The van der Waals surface area contributed by atoms with Crippen molar-refractivity contribution in [3.8, 4) is 11.4 Å². The molecule has 0 fully saturated rings. The number of aromatic nitrogens is 2. The number of nitrogens with zero attached hydrogens (tertiary/aromatic N) is 2. The van der Waals surface area contributed by atoms with Gasteiger partial charge in [-0.2, -0.15) is 0 Å². The molecule has 1 aromatic heterocycles. The first-order valence-corrected chi connectivity index (χ1v) is 6.51. The zero-order chi connectivity index (χ0) is 12.6. The number of anilines is 1. The molecule has 3 nitrogen and oxygen atoms in total. The highest BCUT2D eigenvalue weighted by Gasteiger charge is 2.10. The fraction of sp³-hybridized carbons (Fsp3) is 0.167. The van der Waals surface area contributed by atoms with Crippen molar-refractivity contribution in [2.75, 3.05) is 5.73 Å².